The van der Waals surface area contributed by atoms with Crippen molar-refractivity contribution in [2.45, 2.75) is 6.54 Å². The quantitative estimate of drug-likeness (QED) is 0.770. The normalized spacial score (nSPS) is 11.1. The Morgan fingerprint density at radius 3 is 3.00 bits per heavy atom. The van der Waals surface area contributed by atoms with Crippen LogP contribution in [0.25, 0.3) is 11.0 Å². The highest BCUT2D eigenvalue weighted by Crippen LogP contribution is 2.23. The third-order valence-electron chi connectivity index (χ3n) is 2.63. The molecule has 1 aromatic carbocycles. The van der Waals surface area contributed by atoms with Crippen molar-refractivity contribution in [2.75, 3.05) is 5.73 Å². The first-order chi connectivity index (χ1) is 8.24. The predicted octanol–water partition coefficient (Wildman–Crippen LogP) is 3.38. The number of imidazole rings is 1. The smallest absolute Gasteiger partial charge is 0.201 e. The van der Waals surface area contributed by atoms with Gasteiger partial charge in [0.15, 0.2) is 0 Å². The van der Waals surface area contributed by atoms with Gasteiger partial charge in [0.1, 0.15) is 0 Å². The number of nitrogens with zero attached hydrogens (tertiary/aromatic N) is 2. The van der Waals surface area contributed by atoms with E-state index in [1.807, 2.05) is 28.8 Å². The number of hydrogen-bond acceptors (Lipinski definition) is 3. The van der Waals surface area contributed by atoms with Crippen LogP contribution < -0.4 is 5.73 Å². The van der Waals surface area contributed by atoms with Gasteiger partial charge < -0.3 is 10.3 Å². The highest BCUT2D eigenvalue weighted by molar-refractivity contribution is 7.09. The molecule has 0 aliphatic carbocycles. The van der Waals surface area contributed by atoms with Gasteiger partial charge in [-0.15, -0.1) is 11.3 Å². The Morgan fingerprint density at radius 2 is 2.24 bits per heavy atom. The summed E-state index contributed by atoms with van der Waals surface area (Å²) in [7, 11) is 0. The predicted molar refractivity (Wildman–Crippen MR) is 72.6 cm³/mol. The lowest BCUT2D eigenvalue weighted by Gasteiger charge is -2.04. The Hall–Kier alpha value is -1.52. The zero-order valence-corrected chi connectivity index (χ0v) is 10.5. The summed E-state index contributed by atoms with van der Waals surface area (Å²) in [6, 6.07) is 9.72. The Morgan fingerprint density at radius 1 is 1.35 bits per heavy atom. The largest absolute Gasteiger partial charge is 0.369 e. The summed E-state index contributed by atoms with van der Waals surface area (Å²) < 4.78 is 1.98. The third kappa shape index (κ3) is 1.90. The average Bonchev–Trinajstić information content (AvgIpc) is 2.90. The van der Waals surface area contributed by atoms with Crippen LogP contribution in [-0.2, 0) is 6.54 Å². The fraction of sp³-hybridized carbons (Fsp3) is 0.0833. The van der Waals surface area contributed by atoms with E-state index >= 15 is 0 Å². The van der Waals surface area contributed by atoms with Crippen molar-refractivity contribution >= 4 is 39.9 Å². The van der Waals surface area contributed by atoms with E-state index in [-0.39, 0.29) is 0 Å². The van der Waals surface area contributed by atoms with Crippen LogP contribution >= 0.6 is 22.9 Å². The minimum atomic E-state index is 0.524. The van der Waals surface area contributed by atoms with Crippen LogP contribution in [0.5, 0.6) is 0 Å². The van der Waals surface area contributed by atoms with E-state index in [0.29, 0.717) is 11.0 Å². The number of halogens is 1. The molecule has 0 atom stereocenters. The van der Waals surface area contributed by atoms with Crippen molar-refractivity contribution in [3.8, 4) is 0 Å². The van der Waals surface area contributed by atoms with E-state index in [9.17, 15) is 0 Å². The standard InChI is InChI=1S/C12H10ClN3S/c13-8-3-4-10-11(6-8)16(12(14)15-10)7-9-2-1-5-17-9/h1-6H,7H2,(H2,14,15). The molecule has 17 heavy (non-hydrogen) atoms. The molecule has 0 bridgehead atoms. The van der Waals surface area contributed by atoms with Crippen LogP contribution in [0, 0.1) is 0 Å². The van der Waals surface area contributed by atoms with Crippen LogP contribution in [0.2, 0.25) is 5.02 Å². The zero-order chi connectivity index (χ0) is 11.8. The second-order valence-electron chi connectivity index (χ2n) is 3.77. The third-order valence-corrected chi connectivity index (χ3v) is 3.73. The molecule has 3 nitrogen and oxygen atoms in total. The monoisotopic (exact) mass is 263 g/mol. The van der Waals surface area contributed by atoms with Crippen molar-refractivity contribution in [3.05, 3.63) is 45.6 Å². The van der Waals surface area contributed by atoms with Crippen LogP contribution in [0.4, 0.5) is 5.95 Å². The molecule has 0 unspecified atom stereocenters. The Bertz CT molecular complexity index is 658. The summed E-state index contributed by atoms with van der Waals surface area (Å²) >= 11 is 7.71. The molecule has 3 rings (SSSR count). The first-order valence-corrected chi connectivity index (χ1v) is 6.43. The topological polar surface area (TPSA) is 43.8 Å². The number of hydrogen-bond donors (Lipinski definition) is 1. The molecule has 0 spiro atoms. The lowest BCUT2D eigenvalue weighted by Crippen LogP contribution is -2.03. The van der Waals surface area contributed by atoms with Gasteiger partial charge in [0.2, 0.25) is 5.95 Å². The van der Waals surface area contributed by atoms with E-state index in [2.05, 4.69) is 16.4 Å². The SMILES string of the molecule is Nc1nc2ccc(Cl)cc2n1Cc1cccs1. The van der Waals surface area contributed by atoms with Gasteiger partial charge in [-0.1, -0.05) is 17.7 Å². The molecular weight excluding hydrogens is 254 g/mol. The molecule has 86 valence electrons. The van der Waals surface area contributed by atoms with Gasteiger partial charge in [0.25, 0.3) is 0 Å². The summed E-state index contributed by atoms with van der Waals surface area (Å²) in [5.41, 5.74) is 7.79. The molecule has 0 saturated heterocycles. The lowest BCUT2D eigenvalue weighted by molar-refractivity contribution is 0.853. The number of fused-ring (bicyclic) bond motifs is 1. The van der Waals surface area contributed by atoms with E-state index in [4.69, 9.17) is 17.3 Å². The highest BCUT2D eigenvalue weighted by Gasteiger charge is 2.09. The molecule has 3 aromatic rings. The first kappa shape index (κ1) is 10.6. The van der Waals surface area contributed by atoms with Crippen molar-refractivity contribution in [1.29, 1.82) is 0 Å². The maximum absolute atomic E-state index is 6.00. The van der Waals surface area contributed by atoms with E-state index in [1.54, 1.807) is 11.3 Å². The van der Waals surface area contributed by atoms with Gasteiger partial charge in [0.05, 0.1) is 17.6 Å². The van der Waals surface area contributed by atoms with E-state index in [1.165, 1.54) is 4.88 Å². The Labute approximate surface area is 107 Å². The lowest BCUT2D eigenvalue weighted by atomic mass is 10.3. The summed E-state index contributed by atoms with van der Waals surface area (Å²) in [5, 5.41) is 2.75. The molecule has 0 fully saturated rings. The summed E-state index contributed by atoms with van der Waals surface area (Å²) in [6.07, 6.45) is 0. The van der Waals surface area contributed by atoms with Crippen molar-refractivity contribution < 1.29 is 0 Å². The number of nitrogens with two attached hydrogens (primary N) is 1. The number of anilines is 1. The van der Waals surface area contributed by atoms with Gasteiger partial charge in [-0.2, -0.15) is 0 Å². The molecule has 0 saturated carbocycles. The van der Waals surface area contributed by atoms with Crippen LogP contribution in [0.15, 0.2) is 35.7 Å². The van der Waals surface area contributed by atoms with Crippen molar-refractivity contribution in [1.82, 2.24) is 9.55 Å². The second-order valence-corrected chi connectivity index (χ2v) is 5.24. The van der Waals surface area contributed by atoms with Crippen LogP contribution in [-0.4, -0.2) is 9.55 Å². The van der Waals surface area contributed by atoms with Crippen LogP contribution in [0.1, 0.15) is 4.88 Å². The zero-order valence-electron chi connectivity index (χ0n) is 8.93. The molecule has 0 radical (unpaired) electrons. The minimum Gasteiger partial charge on any atom is -0.369 e. The van der Waals surface area contributed by atoms with Crippen LogP contribution in [0.3, 0.4) is 0 Å². The fourth-order valence-electron chi connectivity index (χ4n) is 1.84. The molecule has 2 heterocycles. The molecule has 0 aliphatic heterocycles. The second kappa shape index (κ2) is 4.05. The summed E-state index contributed by atoms with van der Waals surface area (Å²) in [4.78, 5) is 5.57. The van der Waals surface area contributed by atoms with E-state index in [0.717, 1.165) is 17.6 Å². The van der Waals surface area contributed by atoms with Gasteiger partial charge >= 0.3 is 0 Å². The Kier molecular flexibility index (Phi) is 2.53. The fourth-order valence-corrected chi connectivity index (χ4v) is 2.70. The molecule has 2 aromatic heterocycles. The number of thiophene rings is 1. The van der Waals surface area contributed by atoms with E-state index < -0.39 is 0 Å². The molecule has 0 aliphatic rings. The molecule has 2 N–H and O–H groups in total. The van der Waals surface area contributed by atoms with Gasteiger partial charge in [-0.3, -0.25) is 0 Å². The number of nitrogen functional groups attached to an aromatic ring is 1. The minimum absolute atomic E-state index is 0.524. The number of benzene rings is 1. The Balaban J connectivity index is 2.14. The maximum atomic E-state index is 6.00. The van der Waals surface area contributed by atoms with Crippen molar-refractivity contribution in [2.24, 2.45) is 0 Å². The molecular formula is C12H10ClN3S. The first-order valence-electron chi connectivity index (χ1n) is 5.18. The van der Waals surface area contributed by atoms with Gasteiger partial charge in [0, 0.05) is 9.90 Å². The number of aromatic nitrogens is 2. The van der Waals surface area contributed by atoms with Gasteiger partial charge in [-0.25, -0.2) is 4.98 Å². The number of rotatable bonds is 2. The summed E-state index contributed by atoms with van der Waals surface area (Å²) in [6.45, 7) is 0.736. The molecule has 5 heteroatoms. The maximum Gasteiger partial charge on any atom is 0.201 e. The average molecular weight is 264 g/mol. The highest BCUT2D eigenvalue weighted by atomic mass is 35.5. The van der Waals surface area contributed by atoms with Crippen molar-refractivity contribution in [3.63, 3.8) is 0 Å². The summed E-state index contributed by atoms with van der Waals surface area (Å²) in [5.74, 6) is 0.524. The van der Waals surface area contributed by atoms with Gasteiger partial charge in [-0.05, 0) is 29.6 Å². The molecule has 0 amide bonds.